The highest BCUT2D eigenvalue weighted by Gasteiger charge is 2.36. The number of esters is 1. The number of nitrogens with one attached hydrogen (secondary N) is 1. The number of nitrogens with two attached hydrogens (primary N) is 1. The predicted octanol–water partition coefficient (Wildman–Crippen LogP) is 1.72. The highest BCUT2D eigenvalue weighted by Crippen LogP contribution is 2.29. The number of carbonyl (C=O) groups is 3. The van der Waals surface area contributed by atoms with Gasteiger partial charge in [-0.1, -0.05) is 12.8 Å². The number of methoxy groups -OCH3 is 1. The molecule has 0 saturated carbocycles. The zero-order valence-electron chi connectivity index (χ0n) is 23.4. The quantitative estimate of drug-likeness (QED) is 0.140. The second kappa shape index (κ2) is 13.5. The van der Waals surface area contributed by atoms with Gasteiger partial charge in [0.15, 0.2) is 0 Å². The first-order valence-corrected chi connectivity index (χ1v) is 13.8. The van der Waals surface area contributed by atoms with Gasteiger partial charge in [-0.05, 0) is 46.0 Å². The first-order valence-electron chi connectivity index (χ1n) is 13.8. The van der Waals surface area contributed by atoms with E-state index >= 15 is 0 Å². The minimum Gasteiger partial charge on any atom is -0.468 e. The van der Waals surface area contributed by atoms with Crippen molar-refractivity contribution in [1.82, 2.24) is 19.6 Å². The van der Waals surface area contributed by atoms with Crippen molar-refractivity contribution >= 4 is 24.0 Å². The Labute approximate surface area is 226 Å². The van der Waals surface area contributed by atoms with Crippen LogP contribution in [0.1, 0.15) is 52.9 Å². The Morgan fingerprint density at radius 1 is 1.11 bits per heavy atom. The number of unbranched alkanes of at least 4 members (excludes halogenated alkanes) is 1. The fraction of sp³-hybridized carbons (Fsp3) is 0.846. The summed E-state index contributed by atoms with van der Waals surface area (Å²) in [6.45, 7) is 11.5. The fourth-order valence-corrected chi connectivity index (χ4v) is 5.39. The molecule has 3 atom stereocenters. The molecule has 3 aliphatic rings. The molecule has 0 spiro atoms. The summed E-state index contributed by atoms with van der Waals surface area (Å²) in [7, 11) is 1.40. The third-order valence-electron chi connectivity index (χ3n) is 7.45. The molecule has 3 aliphatic heterocycles. The molecular formula is C26H46N6O6. The number of rotatable bonds is 10. The Bertz CT molecular complexity index is 841. The average molecular weight is 539 g/mol. The van der Waals surface area contributed by atoms with Gasteiger partial charge in [0.2, 0.25) is 0 Å². The van der Waals surface area contributed by atoms with Crippen LogP contribution >= 0.6 is 0 Å². The molecule has 0 aromatic heterocycles. The number of hydrogen-bond donors (Lipinski definition) is 2. The van der Waals surface area contributed by atoms with Crippen LogP contribution in [0.5, 0.6) is 0 Å². The summed E-state index contributed by atoms with van der Waals surface area (Å²) in [6.07, 6.45) is 3.52. The molecular weight excluding hydrogens is 492 g/mol. The van der Waals surface area contributed by atoms with Crippen LogP contribution < -0.4 is 5.73 Å². The third kappa shape index (κ3) is 9.00. The lowest BCUT2D eigenvalue weighted by Gasteiger charge is -2.39. The Kier molecular flexibility index (Phi) is 10.6. The number of cyclic esters (lactones) is 1. The lowest BCUT2D eigenvalue weighted by Crippen LogP contribution is -2.53. The van der Waals surface area contributed by atoms with Crippen molar-refractivity contribution in [1.29, 1.82) is 5.41 Å². The molecule has 3 N–H and O–H groups in total. The number of likely N-dealkylation sites (tertiary alicyclic amines) is 1. The number of amidine groups is 1. The van der Waals surface area contributed by atoms with Crippen LogP contribution in [0.4, 0.5) is 9.59 Å². The van der Waals surface area contributed by atoms with Crippen LogP contribution in [0.3, 0.4) is 0 Å². The zero-order valence-corrected chi connectivity index (χ0v) is 23.4. The summed E-state index contributed by atoms with van der Waals surface area (Å²) in [5, 5.41) is 7.98. The molecule has 0 aromatic carbocycles. The van der Waals surface area contributed by atoms with Crippen LogP contribution in [0.2, 0.25) is 0 Å². The molecule has 3 heterocycles. The van der Waals surface area contributed by atoms with E-state index in [0.717, 1.165) is 51.9 Å². The summed E-state index contributed by atoms with van der Waals surface area (Å²) in [6, 6.07) is -0.430. The van der Waals surface area contributed by atoms with Crippen molar-refractivity contribution in [3.63, 3.8) is 0 Å². The number of nitrogens with zero attached hydrogens (tertiary/aromatic N) is 4. The van der Waals surface area contributed by atoms with Crippen molar-refractivity contribution < 1.29 is 28.6 Å². The first-order chi connectivity index (χ1) is 17.9. The molecule has 3 rings (SSSR count). The van der Waals surface area contributed by atoms with Gasteiger partial charge in [-0.3, -0.25) is 24.9 Å². The second-order valence-corrected chi connectivity index (χ2v) is 11.6. The van der Waals surface area contributed by atoms with Gasteiger partial charge in [0.1, 0.15) is 17.5 Å². The smallest absolute Gasteiger partial charge is 0.410 e. The van der Waals surface area contributed by atoms with Crippen molar-refractivity contribution in [3.05, 3.63) is 0 Å². The van der Waals surface area contributed by atoms with E-state index in [9.17, 15) is 14.4 Å². The second-order valence-electron chi connectivity index (χ2n) is 11.6. The third-order valence-corrected chi connectivity index (χ3v) is 7.45. The van der Waals surface area contributed by atoms with Crippen LogP contribution in [-0.4, -0.2) is 127 Å². The molecule has 2 amide bonds. The number of hydrogen-bond acceptors (Lipinski definition) is 9. The highest BCUT2D eigenvalue weighted by molar-refractivity contribution is 5.86. The van der Waals surface area contributed by atoms with Gasteiger partial charge in [-0.15, -0.1) is 0 Å². The number of piperidine rings is 1. The van der Waals surface area contributed by atoms with Gasteiger partial charge < -0.3 is 24.8 Å². The largest absolute Gasteiger partial charge is 0.468 e. The van der Waals surface area contributed by atoms with E-state index in [2.05, 4.69) is 9.80 Å². The van der Waals surface area contributed by atoms with Gasteiger partial charge in [-0.25, -0.2) is 9.59 Å². The lowest BCUT2D eigenvalue weighted by molar-refractivity contribution is -0.142. The monoisotopic (exact) mass is 538 g/mol. The highest BCUT2D eigenvalue weighted by atomic mass is 16.6. The van der Waals surface area contributed by atoms with Crippen molar-refractivity contribution in [2.24, 2.45) is 11.7 Å². The minimum absolute atomic E-state index is 0.00343. The zero-order chi connectivity index (χ0) is 27.9. The van der Waals surface area contributed by atoms with E-state index in [1.54, 1.807) is 9.80 Å². The molecule has 3 saturated heterocycles. The van der Waals surface area contributed by atoms with Crippen LogP contribution in [0.25, 0.3) is 0 Å². The standard InChI is InChI=1S/C26H46N6O6/c1-26(2,3)38-25(35)32-10-8-19(15-21(32)23(27)28)7-5-6-9-31-17-20(37-24(31)34)16-29-11-13-30(14-12-29)18-22(33)36-4/h19-21H,5-18H2,1-4H3,(H3,27,28). The molecule has 3 fully saturated rings. The lowest BCUT2D eigenvalue weighted by atomic mass is 9.86. The first kappa shape index (κ1) is 29.9. The molecule has 38 heavy (non-hydrogen) atoms. The van der Waals surface area contributed by atoms with E-state index in [4.69, 9.17) is 25.4 Å². The van der Waals surface area contributed by atoms with Crippen LogP contribution in [0.15, 0.2) is 0 Å². The summed E-state index contributed by atoms with van der Waals surface area (Å²) in [5.41, 5.74) is 5.25. The van der Waals surface area contributed by atoms with Gasteiger partial charge in [-0.2, -0.15) is 0 Å². The Morgan fingerprint density at radius 2 is 1.79 bits per heavy atom. The Balaban J connectivity index is 1.34. The molecule has 0 aromatic rings. The topological polar surface area (TPSA) is 142 Å². The predicted molar refractivity (Wildman–Crippen MR) is 142 cm³/mol. The number of ether oxygens (including phenoxy) is 3. The van der Waals surface area contributed by atoms with Gasteiger partial charge in [0.25, 0.3) is 0 Å². The molecule has 0 bridgehead atoms. The van der Waals surface area contributed by atoms with E-state index < -0.39 is 17.7 Å². The van der Waals surface area contributed by atoms with E-state index in [-0.39, 0.29) is 24.0 Å². The van der Waals surface area contributed by atoms with Gasteiger partial charge >= 0.3 is 18.2 Å². The summed E-state index contributed by atoms with van der Waals surface area (Å²) in [4.78, 5) is 44.2. The average Bonchev–Trinajstić information content (AvgIpc) is 3.20. The normalized spacial score (nSPS) is 25.3. The maximum atomic E-state index is 12.6. The molecule has 12 heteroatoms. The van der Waals surface area contributed by atoms with Gasteiger partial charge in [0, 0.05) is 45.8 Å². The fourth-order valence-electron chi connectivity index (χ4n) is 5.39. The molecule has 0 aliphatic carbocycles. The van der Waals surface area contributed by atoms with Crippen molar-refractivity contribution in [3.8, 4) is 0 Å². The SMILES string of the molecule is COC(=O)CN1CCN(CC2CN(CCCCC3CCN(C(=O)OC(C)(C)C)C(C(=N)N)C3)C(=O)O2)CC1. The van der Waals surface area contributed by atoms with E-state index in [1.165, 1.54) is 7.11 Å². The van der Waals surface area contributed by atoms with Crippen molar-refractivity contribution in [2.45, 2.75) is 70.6 Å². The Hall–Kier alpha value is -2.60. The van der Waals surface area contributed by atoms with Crippen molar-refractivity contribution in [2.75, 3.05) is 66.0 Å². The molecule has 12 nitrogen and oxygen atoms in total. The molecule has 0 radical (unpaired) electrons. The summed E-state index contributed by atoms with van der Waals surface area (Å²) < 4.78 is 15.9. The number of carbonyl (C=O) groups excluding carboxylic acids is 3. The number of amides is 2. The van der Waals surface area contributed by atoms with E-state index in [1.807, 2.05) is 20.8 Å². The van der Waals surface area contributed by atoms with E-state index in [0.29, 0.717) is 45.1 Å². The Morgan fingerprint density at radius 3 is 2.42 bits per heavy atom. The molecule has 3 unspecified atom stereocenters. The number of piperazine rings is 1. The summed E-state index contributed by atoms with van der Waals surface area (Å²) >= 11 is 0. The minimum atomic E-state index is -0.592. The van der Waals surface area contributed by atoms with Crippen LogP contribution in [0, 0.1) is 11.3 Å². The van der Waals surface area contributed by atoms with Gasteiger partial charge in [0.05, 0.1) is 26.2 Å². The summed E-state index contributed by atoms with van der Waals surface area (Å²) in [5.74, 6) is 0.152. The maximum absolute atomic E-state index is 12.6. The molecule has 216 valence electrons. The van der Waals surface area contributed by atoms with Crippen LogP contribution in [-0.2, 0) is 19.0 Å². The maximum Gasteiger partial charge on any atom is 0.410 e.